The van der Waals surface area contributed by atoms with Gasteiger partial charge in [0, 0.05) is 26.2 Å². The van der Waals surface area contributed by atoms with Crippen molar-refractivity contribution in [1.82, 2.24) is 0 Å². The van der Waals surface area contributed by atoms with Crippen LogP contribution < -0.4 is 0 Å². The van der Waals surface area contributed by atoms with Crippen LogP contribution in [-0.4, -0.2) is 76.6 Å². The predicted octanol–water partition coefficient (Wildman–Crippen LogP) is 2.54. The Morgan fingerprint density at radius 2 is 1.63 bits per heavy atom. The van der Waals surface area contributed by atoms with E-state index < -0.39 is 82.5 Å². The average molecular weight is 571 g/mol. The first-order valence-corrected chi connectivity index (χ1v) is 14.0. The minimum Gasteiger partial charge on any atom is -0.458 e. The molecule has 2 saturated carbocycles. The topological polar surface area (TPSA) is 146 Å². The van der Waals surface area contributed by atoms with E-state index in [2.05, 4.69) is 0 Å². The van der Waals surface area contributed by atoms with Crippen molar-refractivity contribution in [3.05, 3.63) is 47.0 Å². The first-order valence-electron chi connectivity index (χ1n) is 14.0. The van der Waals surface area contributed by atoms with E-state index in [-0.39, 0.29) is 25.0 Å². The molecule has 0 aromatic heterocycles. The number of esters is 3. The number of aliphatic hydroxyl groups excluding tert-OH is 2. The van der Waals surface area contributed by atoms with Crippen LogP contribution in [0.25, 0.3) is 0 Å². The van der Waals surface area contributed by atoms with Crippen LogP contribution in [0, 0.1) is 22.7 Å². The molecule has 41 heavy (non-hydrogen) atoms. The van der Waals surface area contributed by atoms with E-state index in [0.29, 0.717) is 11.1 Å². The molecule has 1 aromatic rings. The van der Waals surface area contributed by atoms with Crippen LogP contribution in [-0.2, 0) is 33.3 Å². The molecule has 3 unspecified atom stereocenters. The van der Waals surface area contributed by atoms with E-state index in [9.17, 15) is 29.4 Å². The lowest BCUT2D eigenvalue weighted by atomic mass is 9.46. The molecule has 0 amide bonds. The number of carbonyl (C=O) groups is 4. The third kappa shape index (κ3) is 4.33. The molecule has 1 saturated heterocycles. The Morgan fingerprint density at radius 1 is 0.976 bits per heavy atom. The van der Waals surface area contributed by atoms with Crippen molar-refractivity contribution >= 4 is 23.7 Å². The Kier molecular flexibility index (Phi) is 7.19. The van der Waals surface area contributed by atoms with Gasteiger partial charge in [0.05, 0.1) is 35.7 Å². The Balaban J connectivity index is 1.79. The van der Waals surface area contributed by atoms with E-state index >= 15 is 0 Å². The second-order valence-electron chi connectivity index (χ2n) is 12.6. The van der Waals surface area contributed by atoms with Crippen LogP contribution in [0.3, 0.4) is 0 Å². The third-order valence-corrected chi connectivity index (χ3v) is 10.0. The number of hydrogen-bond donors (Lipinski definition) is 2. The van der Waals surface area contributed by atoms with E-state index in [1.165, 1.54) is 13.8 Å². The van der Waals surface area contributed by atoms with Gasteiger partial charge in [-0.15, -0.1) is 0 Å². The van der Waals surface area contributed by atoms with Gasteiger partial charge in [-0.3, -0.25) is 14.4 Å². The lowest BCUT2D eigenvalue weighted by Crippen LogP contribution is -2.79. The summed E-state index contributed by atoms with van der Waals surface area (Å²) < 4.78 is 23.8. The molecule has 10 nitrogen and oxygen atoms in total. The van der Waals surface area contributed by atoms with Crippen LogP contribution in [0.4, 0.5) is 0 Å². The smallest absolute Gasteiger partial charge is 0.338 e. The summed E-state index contributed by atoms with van der Waals surface area (Å²) >= 11 is 0. The minimum atomic E-state index is -1.69. The van der Waals surface area contributed by atoms with E-state index in [4.69, 9.17) is 18.9 Å². The van der Waals surface area contributed by atoms with Crippen molar-refractivity contribution in [3.63, 3.8) is 0 Å². The molecule has 0 spiro atoms. The first-order chi connectivity index (χ1) is 19.2. The number of aliphatic hydroxyl groups is 2. The zero-order valence-electron chi connectivity index (χ0n) is 24.2. The van der Waals surface area contributed by atoms with Crippen molar-refractivity contribution < 1.29 is 48.3 Å². The molecular formula is C31H38O10. The standard InChI is InChI=1S/C31H38O10/c1-15-20(34)12-19-24(40-28(37)18-10-8-7-9-11-18)26-30(6,21(35)13-22-31(26,14-38-22)41-17(3)33)27(36)25(39-16(2)32)23(15)29(19,4)5/h7-11,19-22,24-26,34-35H,12-14H2,1-6H3/t19?,20-,21-,22+,24?,25+,26?,30+,31-/m0/s1. The highest BCUT2D eigenvalue weighted by atomic mass is 16.6. The average Bonchev–Trinajstić information content (AvgIpc) is 2.89. The van der Waals surface area contributed by atoms with Crippen LogP contribution in [0.2, 0.25) is 0 Å². The predicted molar refractivity (Wildman–Crippen MR) is 143 cm³/mol. The molecule has 1 aromatic carbocycles. The lowest BCUT2D eigenvalue weighted by Gasteiger charge is -2.65. The summed E-state index contributed by atoms with van der Waals surface area (Å²) in [5, 5.41) is 22.9. The molecule has 3 aliphatic carbocycles. The lowest BCUT2D eigenvalue weighted by molar-refractivity contribution is -0.335. The molecule has 222 valence electrons. The Hall–Kier alpha value is -3.08. The van der Waals surface area contributed by atoms with Gasteiger partial charge in [-0.1, -0.05) is 32.0 Å². The summed E-state index contributed by atoms with van der Waals surface area (Å²) in [5.74, 6) is -4.30. The normalized spacial score (nSPS) is 39.2. The van der Waals surface area contributed by atoms with Gasteiger partial charge in [-0.05, 0) is 49.0 Å². The molecule has 0 radical (unpaired) electrons. The maximum Gasteiger partial charge on any atom is 0.338 e. The van der Waals surface area contributed by atoms with Crippen molar-refractivity contribution in [3.8, 4) is 0 Å². The maximum absolute atomic E-state index is 14.8. The van der Waals surface area contributed by atoms with Crippen molar-refractivity contribution in [1.29, 1.82) is 0 Å². The second kappa shape index (κ2) is 10.0. The van der Waals surface area contributed by atoms with Crippen molar-refractivity contribution in [2.45, 2.75) is 90.5 Å². The van der Waals surface area contributed by atoms with Gasteiger partial charge in [-0.25, -0.2) is 4.79 Å². The largest absolute Gasteiger partial charge is 0.458 e. The highest BCUT2D eigenvalue weighted by molar-refractivity contribution is 5.95. The quantitative estimate of drug-likeness (QED) is 0.315. The van der Waals surface area contributed by atoms with Gasteiger partial charge in [0.1, 0.15) is 12.2 Å². The van der Waals surface area contributed by atoms with Crippen molar-refractivity contribution in [2.24, 2.45) is 22.7 Å². The molecule has 9 atom stereocenters. The fourth-order valence-corrected chi connectivity index (χ4v) is 7.98. The maximum atomic E-state index is 14.8. The molecule has 3 fully saturated rings. The van der Waals surface area contributed by atoms with Crippen LogP contribution in [0.1, 0.15) is 64.7 Å². The molecular weight excluding hydrogens is 532 g/mol. The summed E-state index contributed by atoms with van der Waals surface area (Å²) in [6, 6.07) is 8.38. The fourth-order valence-electron chi connectivity index (χ4n) is 7.98. The van der Waals surface area contributed by atoms with Crippen LogP contribution in [0.15, 0.2) is 41.5 Å². The Labute approximate surface area is 239 Å². The minimum absolute atomic E-state index is 0.0210. The molecule has 5 rings (SSSR count). The zero-order chi connectivity index (χ0) is 30.1. The van der Waals surface area contributed by atoms with E-state index in [0.717, 1.165) is 0 Å². The zero-order valence-corrected chi connectivity index (χ0v) is 24.2. The molecule has 1 aliphatic heterocycles. The van der Waals surface area contributed by atoms with Crippen LogP contribution in [0.5, 0.6) is 0 Å². The van der Waals surface area contributed by atoms with E-state index in [1.54, 1.807) is 44.2 Å². The number of rotatable bonds is 4. The van der Waals surface area contributed by atoms with Gasteiger partial charge in [-0.2, -0.15) is 0 Å². The number of carbonyl (C=O) groups excluding carboxylic acids is 4. The number of ether oxygens (including phenoxy) is 4. The monoisotopic (exact) mass is 570 g/mol. The summed E-state index contributed by atoms with van der Waals surface area (Å²) in [6.45, 7) is 9.36. The van der Waals surface area contributed by atoms with Crippen molar-refractivity contribution in [2.75, 3.05) is 6.61 Å². The summed E-state index contributed by atoms with van der Waals surface area (Å²) in [5.41, 5.74) is -2.84. The summed E-state index contributed by atoms with van der Waals surface area (Å²) in [4.78, 5) is 53.4. The molecule has 2 N–H and O–H groups in total. The summed E-state index contributed by atoms with van der Waals surface area (Å²) in [7, 11) is 0. The molecule has 4 aliphatic rings. The van der Waals surface area contributed by atoms with Gasteiger partial charge < -0.3 is 29.2 Å². The SMILES string of the molecule is CC(=O)O[C@H]1C(=O)[C@@]2(C)C(C(OC(=O)c3ccccc3)C3C[C@H](O)C(C)=C1C3(C)C)[C@]1(OC(C)=O)CO[C@@H]1C[C@@H]2O. The number of ketones is 1. The Bertz CT molecular complexity index is 1300. The molecule has 1 heterocycles. The number of hydrogen-bond acceptors (Lipinski definition) is 10. The highest BCUT2D eigenvalue weighted by Crippen LogP contribution is 2.63. The van der Waals surface area contributed by atoms with E-state index in [1.807, 2.05) is 13.8 Å². The van der Waals surface area contributed by atoms with Gasteiger partial charge >= 0.3 is 17.9 Å². The third-order valence-electron chi connectivity index (χ3n) is 10.0. The number of Topliss-reactive ketones (excluding diaryl/α,β-unsaturated/α-hetero) is 1. The number of fused-ring (bicyclic) bond motifs is 5. The highest BCUT2D eigenvalue weighted by Gasteiger charge is 2.75. The first kappa shape index (κ1) is 29.4. The summed E-state index contributed by atoms with van der Waals surface area (Å²) in [6.07, 6.45) is -5.48. The van der Waals surface area contributed by atoms with Gasteiger partial charge in [0.15, 0.2) is 17.5 Å². The number of benzene rings is 1. The van der Waals surface area contributed by atoms with Crippen LogP contribution >= 0.6 is 0 Å². The van der Waals surface area contributed by atoms with Gasteiger partial charge in [0.25, 0.3) is 0 Å². The molecule has 2 bridgehead atoms. The van der Waals surface area contributed by atoms with Gasteiger partial charge in [0.2, 0.25) is 0 Å². The Morgan fingerprint density at radius 3 is 2.20 bits per heavy atom. The fraction of sp³-hybridized carbons (Fsp3) is 0.613. The second-order valence-corrected chi connectivity index (χ2v) is 12.6. The molecule has 10 heteroatoms.